The Morgan fingerprint density at radius 2 is 1.74 bits per heavy atom. The van der Waals surface area contributed by atoms with E-state index in [-0.39, 0.29) is 11.8 Å². The third kappa shape index (κ3) is 3.35. The minimum atomic E-state index is -0.594. The minimum absolute atomic E-state index is 0.110. The number of hydrogen-bond donors (Lipinski definition) is 2. The lowest BCUT2D eigenvalue weighted by molar-refractivity contribution is -0.137. The lowest BCUT2D eigenvalue weighted by Gasteiger charge is -2.30. The van der Waals surface area contributed by atoms with E-state index in [1.54, 1.807) is 0 Å². The third-order valence-corrected chi connectivity index (χ3v) is 3.62. The average molecular weight is 325 g/mol. The van der Waals surface area contributed by atoms with Gasteiger partial charge in [-0.05, 0) is 30.0 Å². The van der Waals surface area contributed by atoms with Crippen LogP contribution < -0.4 is 10.6 Å². The molecule has 19 heavy (non-hydrogen) atoms. The van der Waals surface area contributed by atoms with E-state index < -0.39 is 12.1 Å². The molecule has 102 valence electrons. The number of rotatable bonds is 3. The quantitative estimate of drug-likeness (QED) is 0.895. The van der Waals surface area contributed by atoms with Gasteiger partial charge in [-0.1, -0.05) is 41.9 Å². The Morgan fingerprint density at radius 1 is 1.11 bits per heavy atom. The molecule has 0 spiro atoms. The van der Waals surface area contributed by atoms with Gasteiger partial charge >= 0.3 is 0 Å². The summed E-state index contributed by atoms with van der Waals surface area (Å²) < 4.78 is 0.941. The fraction of sp³-hybridized carbons (Fsp3) is 0.429. The van der Waals surface area contributed by atoms with Crippen LogP contribution in [0, 0.1) is 5.92 Å². The van der Waals surface area contributed by atoms with Crippen LogP contribution >= 0.6 is 15.9 Å². The standard InChI is InChI=1S/C14H17BrN2O2/c1-8(2)7-11-13(18)17-12(14(19)16-11)9-3-5-10(15)6-4-9/h3-6,8,11-12H,7H2,1-2H3,(H,16,19)(H,17,18)/t11-,12?/m1/s1. The van der Waals surface area contributed by atoms with Crippen molar-refractivity contribution in [2.45, 2.75) is 32.4 Å². The van der Waals surface area contributed by atoms with Crippen molar-refractivity contribution in [3.8, 4) is 0 Å². The second-order valence-electron chi connectivity index (χ2n) is 5.18. The number of amides is 2. The van der Waals surface area contributed by atoms with E-state index in [1.807, 2.05) is 38.1 Å². The van der Waals surface area contributed by atoms with Crippen LogP contribution in [-0.4, -0.2) is 17.9 Å². The number of halogens is 1. The minimum Gasteiger partial charge on any atom is -0.342 e. The average Bonchev–Trinajstić information content (AvgIpc) is 2.34. The number of carbonyl (C=O) groups excluding carboxylic acids is 2. The summed E-state index contributed by atoms with van der Waals surface area (Å²) >= 11 is 3.35. The van der Waals surface area contributed by atoms with E-state index in [0.29, 0.717) is 12.3 Å². The van der Waals surface area contributed by atoms with Crippen molar-refractivity contribution in [1.82, 2.24) is 10.6 Å². The number of benzene rings is 1. The van der Waals surface area contributed by atoms with Gasteiger partial charge in [0, 0.05) is 4.47 Å². The van der Waals surface area contributed by atoms with Gasteiger partial charge in [0.25, 0.3) is 0 Å². The second-order valence-corrected chi connectivity index (χ2v) is 6.10. The summed E-state index contributed by atoms with van der Waals surface area (Å²) in [4.78, 5) is 24.1. The van der Waals surface area contributed by atoms with Gasteiger partial charge in [0.2, 0.25) is 11.8 Å². The van der Waals surface area contributed by atoms with Crippen LogP contribution in [0.1, 0.15) is 31.9 Å². The van der Waals surface area contributed by atoms with Crippen LogP contribution in [-0.2, 0) is 9.59 Å². The van der Waals surface area contributed by atoms with Gasteiger partial charge in [0.1, 0.15) is 12.1 Å². The van der Waals surface area contributed by atoms with Crippen LogP contribution in [0.4, 0.5) is 0 Å². The number of piperazine rings is 1. The normalized spacial score (nSPS) is 23.2. The van der Waals surface area contributed by atoms with Crippen molar-refractivity contribution in [1.29, 1.82) is 0 Å². The van der Waals surface area contributed by atoms with Crippen molar-refractivity contribution < 1.29 is 9.59 Å². The predicted octanol–water partition coefficient (Wildman–Crippen LogP) is 2.15. The van der Waals surface area contributed by atoms with Gasteiger partial charge in [-0.15, -0.1) is 0 Å². The van der Waals surface area contributed by atoms with E-state index in [1.165, 1.54) is 0 Å². The zero-order valence-corrected chi connectivity index (χ0v) is 12.5. The molecule has 2 N–H and O–H groups in total. The maximum atomic E-state index is 12.1. The van der Waals surface area contributed by atoms with E-state index >= 15 is 0 Å². The maximum absolute atomic E-state index is 12.1. The lowest BCUT2D eigenvalue weighted by Crippen LogP contribution is -2.57. The summed E-state index contributed by atoms with van der Waals surface area (Å²) in [5.41, 5.74) is 0.789. The third-order valence-electron chi connectivity index (χ3n) is 3.09. The van der Waals surface area contributed by atoms with Crippen molar-refractivity contribution in [3.63, 3.8) is 0 Å². The molecule has 1 unspecified atom stereocenters. The summed E-state index contributed by atoms with van der Waals surface area (Å²) in [5, 5.41) is 5.59. The van der Waals surface area contributed by atoms with Crippen LogP contribution in [0.2, 0.25) is 0 Å². The Hall–Kier alpha value is -1.36. The molecule has 2 rings (SSSR count). The molecule has 1 aromatic rings. The van der Waals surface area contributed by atoms with Crippen molar-refractivity contribution in [2.24, 2.45) is 5.92 Å². The van der Waals surface area contributed by atoms with Crippen LogP contribution in [0.15, 0.2) is 28.7 Å². The zero-order valence-electron chi connectivity index (χ0n) is 10.9. The lowest BCUT2D eigenvalue weighted by atomic mass is 9.97. The molecule has 2 amide bonds. The molecule has 1 aliphatic rings. The summed E-state index contributed by atoms with van der Waals surface area (Å²) in [6.45, 7) is 4.06. The highest BCUT2D eigenvalue weighted by atomic mass is 79.9. The van der Waals surface area contributed by atoms with Crippen molar-refractivity contribution in [2.75, 3.05) is 0 Å². The molecule has 1 saturated heterocycles. The molecule has 0 radical (unpaired) electrons. The van der Waals surface area contributed by atoms with Gasteiger partial charge in [0.15, 0.2) is 0 Å². The number of nitrogens with one attached hydrogen (secondary N) is 2. The summed E-state index contributed by atoms with van der Waals surface area (Å²) in [6.07, 6.45) is 0.657. The zero-order chi connectivity index (χ0) is 14.0. The molecular weight excluding hydrogens is 308 g/mol. The van der Waals surface area contributed by atoms with Gasteiger partial charge in [-0.2, -0.15) is 0 Å². The Bertz CT molecular complexity index is 485. The van der Waals surface area contributed by atoms with Crippen molar-refractivity contribution in [3.05, 3.63) is 34.3 Å². The molecule has 1 aromatic carbocycles. The van der Waals surface area contributed by atoms with Gasteiger partial charge in [-0.3, -0.25) is 9.59 Å². The van der Waals surface area contributed by atoms with Gasteiger partial charge in [0.05, 0.1) is 0 Å². The molecular formula is C14H17BrN2O2. The molecule has 0 bridgehead atoms. The van der Waals surface area contributed by atoms with Crippen molar-refractivity contribution >= 4 is 27.7 Å². The Morgan fingerprint density at radius 3 is 2.32 bits per heavy atom. The first kappa shape index (κ1) is 14.1. The SMILES string of the molecule is CC(C)C[C@H]1NC(=O)C(c2ccc(Br)cc2)NC1=O. The molecule has 0 saturated carbocycles. The van der Waals surface area contributed by atoms with Crippen LogP contribution in [0.5, 0.6) is 0 Å². The van der Waals surface area contributed by atoms with E-state index in [9.17, 15) is 9.59 Å². The van der Waals surface area contributed by atoms with Gasteiger partial charge < -0.3 is 10.6 Å². The molecule has 0 aromatic heterocycles. The molecule has 2 atom stereocenters. The Kier molecular flexibility index (Phi) is 4.24. The van der Waals surface area contributed by atoms with Crippen LogP contribution in [0.3, 0.4) is 0 Å². The summed E-state index contributed by atoms with van der Waals surface area (Å²) in [6, 6.07) is 6.36. The smallest absolute Gasteiger partial charge is 0.247 e. The highest BCUT2D eigenvalue weighted by Crippen LogP contribution is 2.20. The summed E-state index contributed by atoms with van der Waals surface area (Å²) in [5.74, 6) is 0.106. The molecule has 5 heteroatoms. The fourth-order valence-corrected chi connectivity index (χ4v) is 2.42. The van der Waals surface area contributed by atoms with Crippen LogP contribution in [0.25, 0.3) is 0 Å². The van der Waals surface area contributed by atoms with E-state index in [4.69, 9.17) is 0 Å². The monoisotopic (exact) mass is 324 g/mol. The largest absolute Gasteiger partial charge is 0.342 e. The Balaban J connectivity index is 2.12. The van der Waals surface area contributed by atoms with E-state index in [0.717, 1.165) is 10.0 Å². The fourth-order valence-electron chi connectivity index (χ4n) is 2.16. The highest BCUT2D eigenvalue weighted by molar-refractivity contribution is 9.10. The highest BCUT2D eigenvalue weighted by Gasteiger charge is 2.34. The van der Waals surface area contributed by atoms with E-state index in [2.05, 4.69) is 26.6 Å². The first-order valence-electron chi connectivity index (χ1n) is 6.33. The molecule has 0 aliphatic carbocycles. The molecule has 1 aliphatic heterocycles. The topological polar surface area (TPSA) is 58.2 Å². The summed E-state index contributed by atoms with van der Waals surface area (Å²) in [7, 11) is 0. The number of hydrogen-bond acceptors (Lipinski definition) is 2. The number of carbonyl (C=O) groups is 2. The Labute approximate surface area is 121 Å². The maximum Gasteiger partial charge on any atom is 0.247 e. The van der Waals surface area contributed by atoms with Gasteiger partial charge in [-0.25, -0.2) is 0 Å². The predicted molar refractivity (Wildman–Crippen MR) is 76.4 cm³/mol. The first-order chi connectivity index (χ1) is 8.97. The molecule has 4 nitrogen and oxygen atoms in total. The second kappa shape index (κ2) is 5.74. The first-order valence-corrected chi connectivity index (χ1v) is 7.13. The molecule has 1 fully saturated rings. The molecule has 1 heterocycles.